The zero-order valence-corrected chi connectivity index (χ0v) is 13.4. The van der Waals surface area contributed by atoms with Crippen molar-refractivity contribution in [2.45, 2.75) is 25.1 Å². The minimum absolute atomic E-state index is 0.00708. The quantitative estimate of drug-likeness (QED) is 0.430. The number of hydrogen-bond donors (Lipinski definition) is 4. The highest BCUT2D eigenvalue weighted by molar-refractivity contribution is 5.97. The first-order valence-electron chi connectivity index (χ1n) is 7.67. The van der Waals surface area contributed by atoms with Crippen molar-refractivity contribution in [1.29, 1.82) is 0 Å². The van der Waals surface area contributed by atoms with Gasteiger partial charge in [0.25, 0.3) is 0 Å². The Bertz CT molecular complexity index is 649. The third kappa shape index (κ3) is 5.57. The minimum Gasteiger partial charge on any atom is -0.459 e. The number of carbonyl (C=O) groups excluding carboxylic acids is 4. The number of aliphatic hydroxyl groups is 1. The molecule has 0 spiro atoms. The molecule has 25 heavy (non-hydrogen) atoms. The van der Waals surface area contributed by atoms with Crippen LogP contribution in [0.1, 0.15) is 12.0 Å². The first-order valence-corrected chi connectivity index (χ1v) is 7.67. The van der Waals surface area contributed by atoms with Crippen LogP contribution in [0, 0.1) is 0 Å². The van der Waals surface area contributed by atoms with Gasteiger partial charge in [0, 0.05) is 0 Å². The predicted molar refractivity (Wildman–Crippen MR) is 84.8 cm³/mol. The fourth-order valence-corrected chi connectivity index (χ4v) is 2.19. The average molecular weight is 349 g/mol. The SMILES string of the molecule is O=C1CNC(=O)[C@H](CC(=O)N[C@H](CO)C(=O)OCc2ccccc2)N1. The second-order valence-electron chi connectivity index (χ2n) is 5.44. The second kappa shape index (κ2) is 8.78. The van der Waals surface area contributed by atoms with Crippen LogP contribution < -0.4 is 16.0 Å². The highest BCUT2D eigenvalue weighted by atomic mass is 16.5. The number of rotatable bonds is 7. The molecule has 1 heterocycles. The maximum Gasteiger partial charge on any atom is 0.331 e. The van der Waals surface area contributed by atoms with E-state index in [1.165, 1.54) is 0 Å². The van der Waals surface area contributed by atoms with Crippen LogP contribution in [0.3, 0.4) is 0 Å². The van der Waals surface area contributed by atoms with Crippen molar-refractivity contribution in [3.05, 3.63) is 35.9 Å². The molecule has 0 saturated carbocycles. The Labute approximate surface area is 143 Å². The van der Waals surface area contributed by atoms with Crippen LogP contribution in [0.15, 0.2) is 30.3 Å². The molecule has 0 aliphatic carbocycles. The third-order valence-electron chi connectivity index (χ3n) is 3.49. The average Bonchev–Trinajstić information content (AvgIpc) is 2.61. The molecular formula is C16H19N3O6. The molecule has 1 aliphatic rings. The summed E-state index contributed by atoms with van der Waals surface area (Å²) in [7, 11) is 0. The molecule has 4 N–H and O–H groups in total. The zero-order chi connectivity index (χ0) is 18.2. The number of amides is 3. The smallest absolute Gasteiger partial charge is 0.331 e. The van der Waals surface area contributed by atoms with E-state index in [1.54, 1.807) is 24.3 Å². The molecule has 0 aromatic heterocycles. The molecule has 1 aliphatic heterocycles. The molecule has 1 aromatic carbocycles. The molecule has 0 radical (unpaired) electrons. The zero-order valence-electron chi connectivity index (χ0n) is 13.4. The summed E-state index contributed by atoms with van der Waals surface area (Å²) in [5.74, 6) is -2.35. The molecular weight excluding hydrogens is 330 g/mol. The van der Waals surface area contributed by atoms with E-state index >= 15 is 0 Å². The summed E-state index contributed by atoms with van der Waals surface area (Å²) in [6, 6.07) is 6.67. The number of ether oxygens (including phenoxy) is 1. The lowest BCUT2D eigenvalue weighted by molar-refractivity contribution is -0.150. The molecule has 0 unspecified atom stereocenters. The van der Waals surface area contributed by atoms with Crippen LogP contribution in [-0.4, -0.2) is 54.0 Å². The Morgan fingerprint density at radius 1 is 1.28 bits per heavy atom. The van der Waals surface area contributed by atoms with E-state index in [0.717, 1.165) is 5.56 Å². The van der Waals surface area contributed by atoms with Crippen molar-refractivity contribution in [3.63, 3.8) is 0 Å². The Morgan fingerprint density at radius 2 is 2.00 bits per heavy atom. The summed E-state index contributed by atoms with van der Waals surface area (Å²) in [5, 5.41) is 16.3. The lowest BCUT2D eigenvalue weighted by atomic mass is 10.1. The molecule has 3 amide bonds. The topological polar surface area (TPSA) is 134 Å². The summed E-state index contributed by atoms with van der Waals surface area (Å²) in [4.78, 5) is 46.7. The molecule has 2 atom stereocenters. The van der Waals surface area contributed by atoms with Gasteiger partial charge in [-0.1, -0.05) is 30.3 Å². The lowest BCUT2D eigenvalue weighted by Crippen LogP contribution is -2.58. The van der Waals surface area contributed by atoms with Crippen molar-refractivity contribution < 1.29 is 29.0 Å². The molecule has 134 valence electrons. The van der Waals surface area contributed by atoms with Gasteiger partial charge in [0.1, 0.15) is 12.6 Å². The number of benzene rings is 1. The minimum atomic E-state index is -1.25. The Hall–Kier alpha value is -2.94. The van der Waals surface area contributed by atoms with Crippen LogP contribution in [0.5, 0.6) is 0 Å². The summed E-state index contributed by atoms with van der Waals surface area (Å²) in [5.41, 5.74) is 0.764. The van der Waals surface area contributed by atoms with E-state index in [4.69, 9.17) is 4.74 Å². The van der Waals surface area contributed by atoms with Crippen molar-refractivity contribution in [1.82, 2.24) is 16.0 Å². The van der Waals surface area contributed by atoms with E-state index in [2.05, 4.69) is 16.0 Å². The number of aliphatic hydroxyl groups excluding tert-OH is 1. The van der Waals surface area contributed by atoms with Crippen molar-refractivity contribution in [3.8, 4) is 0 Å². The maximum atomic E-state index is 12.0. The van der Waals surface area contributed by atoms with Crippen molar-refractivity contribution in [2.24, 2.45) is 0 Å². The summed E-state index contributed by atoms with van der Waals surface area (Å²) in [6.45, 7) is -0.780. The van der Waals surface area contributed by atoms with Gasteiger partial charge in [0.05, 0.1) is 19.6 Å². The molecule has 1 aromatic rings. The lowest BCUT2D eigenvalue weighted by Gasteiger charge is -2.23. The monoisotopic (exact) mass is 349 g/mol. The van der Waals surface area contributed by atoms with E-state index in [1.807, 2.05) is 6.07 Å². The van der Waals surface area contributed by atoms with Crippen molar-refractivity contribution >= 4 is 23.7 Å². The summed E-state index contributed by atoms with van der Waals surface area (Å²) >= 11 is 0. The first kappa shape index (κ1) is 18.4. The van der Waals surface area contributed by atoms with E-state index in [0.29, 0.717) is 0 Å². The van der Waals surface area contributed by atoms with Crippen LogP contribution in [0.25, 0.3) is 0 Å². The van der Waals surface area contributed by atoms with Gasteiger partial charge in [-0.2, -0.15) is 0 Å². The third-order valence-corrected chi connectivity index (χ3v) is 3.49. The highest BCUT2D eigenvalue weighted by Crippen LogP contribution is 2.03. The van der Waals surface area contributed by atoms with Crippen LogP contribution in [0.4, 0.5) is 0 Å². The standard InChI is InChI=1S/C16H19N3O6/c20-8-12(16(24)25-9-10-4-2-1-3-5-10)19-13(21)6-11-15(23)17-7-14(22)18-11/h1-5,11-12,20H,6-9H2,(H,17,23)(H,18,22)(H,19,21)/t11-,12+/m0/s1. The maximum absolute atomic E-state index is 12.0. The Kier molecular flexibility index (Phi) is 6.47. The van der Waals surface area contributed by atoms with Gasteiger partial charge in [0.15, 0.2) is 6.04 Å². The predicted octanol–water partition coefficient (Wildman–Crippen LogP) is -1.79. The number of piperazine rings is 1. The Morgan fingerprint density at radius 3 is 2.68 bits per heavy atom. The number of nitrogens with one attached hydrogen (secondary N) is 3. The van der Waals surface area contributed by atoms with E-state index < -0.39 is 42.4 Å². The molecule has 9 nitrogen and oxygen atoms in total. The van der Waals surface area contributed by atoms with Crippen molar-refractivity contribution in [2.75, 3.05) is 13.2 Å². The fraction of sp³-hybridized carbons (Fsp3) is 0.375. The fourth-order valence-electron chi connectivity index (χ4n) is 2.19. The molecule has 9 heteroatoms. The number of esters is 1. The van der Waals surface area contributed by atoms with Crippen LogP contribution >= 0.6 is 0 Å². The van der Waals surface area contributed by atoms with Gasteiger partial charge in [-0.3, -0.25) is 14.4 Å². The van der Waals surface area contributed by atoms with Gasteiger partial charge in [-0.15, -0.1) is 0 Å². The second-order valence-corrected chi connectivity index (χ2v) is 5.44. The van der Waals surface area contributed by atoms with E-state index in [9.17, 15) is 24.3 Å². The van der Waals surface area contributed by atoms with Gasteiger partial charge in [-0.25, -0.2) is 4.79 Å². The van der Waals surface area contributed by atoms with Gasteiger partial charge >= 0.3 is 5.97 Å². The number of carbonyl (C=O) groups is 4. The molecule has 0 bridgehead atoms. The van der Waals surface area contributed by atoms with Gasteiger partial charge < -0.3 is 25.8 Å². The Balaban J connectivity index is 1.83. The first-order chi connectivity index (χ1) is 12.0. The van der Waals surface area contributed by atoms with Gasteiger partial charge in [0.2, 0.25) is 17.7 Å². The van der Waals surface area contributed by atoms with Crippen LogP contribution in [-0.2, 0) is 30.5 Å². The summed E-state index contributed by atoms with van der Waals surface area (Å²) < 4.78 is 5.05. The normalized spacial score (nSPS) is 17.9. The highest BCUT2D eigenvalue weighted by Gasteiger charge is 2.30. The largest absolute Gasteiger partial charge is 0.459 e. The summed E-state index contributed by atoms with van der Waals surface area (Å²) in [6.07, 6.45) is -0.347. The molecule has 1 saturated heterocycles. The molecule has 1 fully saturated rings. The van der Waals surface area contributed by atoms with E-state index in [-0.39, 0.29) is 19.6 Å². The van der Waals surface area contributed by atoms with Gasteiger partial charge in [-0.05, 0) is 5.56 Å². The molecule has 2 rings (SSSR count). The number of hydrogen-bond acceptors (Lipinski definition) is 6. The van der Waals surface area contributed by atoms with Crippen LogP contribution in [0.2, 0.25) is 0 Å².